The molecule has 0 bridgehead atoms. The number of hydrogen-bond acceptors (Lipinski definition) is 1. The Bertz CT molecular complexity index is 298. The minimum Gasteiger partial charge on any atom is -0.396 e. The van der Waals surface area contributed by atoms with Crippen molar-refractivity contribution in [3.8, 4) is 0 Å². The lowest BCUT2D eigenvalue weighted by atomic mass is 9.94. The molecule has 1 aliphatic carbocycles. The Morgan fingerprint density at radius 1 is 1.27 bits per heavy atom. The second kappa shape index (κ2) is 4.80. The molecule has 0 aliphatic heterocycles. The van der Waals surface area contributed by atoms with Crippen molar-refractivity contribution in [2.75, 3.05) is 6.61 Å². The monoisotopic (exact) mass is 204 g/mol. The van der Waals surface area contributed by atoms with Gasteiger partial charge in [-0.25, -0.2) is 0 Å². The molecule has 1 aromatic carbocycles. The van der Waals surface area contributed by atoms with E-state index in [2.05, 4.69) is 31.2 Å². The molecule has 1 nitrogen and oxygen atoms in total. The van der Waals surface area contributed by atoms with Gasteiger partial charge in [0.2, 0.25) is 0 Å². The molecular weight excluding hydrogens is 184 g/mol. The molecule has 1 aliphatic rings. The smallest absolute Gasteiger partial charge is 0.0502 e. The normalized spacial score (nSPS) is 17.7. The first-order valence-electron chi connectivity index (χ1n) is 6.05. The van der Waals surface area contributed by atoms with Gasteiger partial charge >= 0.3 is 0 Å². The SMILES string of the molecule is CCCc1ccc(C(CO)C2CC2)cc1. The number of aryl methyl sites for hydroxylation is 1. The summed E-state index contributed by atoms with van der Waals surface area (Å²) < 4.78 is 0. The van der Waals surface area contributed by atoms with Crippen molar-refractivity contribution < 1.29 is 5.11 Å². The van der Waals surface area contributed by atoms with Crippen LogP contribution in [0.4, 0.5) is 0 Å². The lowest BCUT2D eigenvalue weighted by Gasteiger charge is -2.13. The zero-order valence-corrected chi connectivity index (χ0v) is 9.45. The summed E-state index contributed by atoms with van der Waals surface area (Å²) in [5, 5.41) is 9.36. The summed E-state index contributed by atoms with van der Waals surface area (Å²) in [6, 6.07) is 8.82. The second-order valence-electron chi connectivity index (χ2n) is 4.62. The molecule has 0 amide bonds. The van der Waals surface area contributed by atoms with E-state index in [1.54, 1.807) is 0 Å². The summed E-state index contributed by atoms with van der Waals surface area (Å²) in [5.41, 5.74) is 2.73. The predicted molar refractivity (Wildman–Crippen MR) is 63.0 cm³/mol. The Morgan fingerprint density at radius 2 is 1.93 bits per heavy atom. The van der Waals surface area contributed by atoms with Gasteiger partial charge in [0.05, 0.1) is 6.61 Å². The van der Waals surface area contributed by atoms with Gasteiger partial charge in [-0.05, 0) is 36.3 Å². The molecule has 2 rings (SSSR count). The van der Waals surface area contributed by atoms with E-state index in [-0.39, 0.29) is 0 Å². The van der Waals surface area contributed by atoms with Gasteiger partial charge in [-0.1, -0.05) is 37.6 Å². The van der Waals surface area contributed by atoms with Gasteiger partial charge in [0.1, 0.15) is 0 Å². The number of rotatable bonds is 5. The average Bonchev–Trinajstić information content (AvgIpc) is 3.06. The van der Waals surface area contributed by atoms with Crippen LogP contribution >= 0.6 is 0 Å². The van der Waals surface area contributed by atoms with Crippen LogP contribution in [0.2, 0.25) is 0 Å². The van der Waals surface area contributed by atoms with Crippen molar-refractivity contribution in [1.82, 2.24) is 0 Å². The summed E-state index contributed by atoms with van der Waals surface area (Å²) in [6.45, 7) is 2.51. The highest BCUT2D eigenvalue weighted by molar-refractivity contribution is 5.27. The van der Waals surface area contributed by atoms with Crippen LogP contribution in [0.5, 0.6) is 0 Å². The van der Waals surface area contributed by atoms with Crippen LogP contribution in [0.25, 0.3) is 0 Å². The summed E-state index contributed by atoms with van der Waals surface area (Å²) >= 11 is 0. The fraction of sp³-hybridized carbons (Fsp3) is 0.571. The van der Waals surface area contributed by atoms with Crippen LogP contribution in [0.1, 0.15) is 43.2 Å². The molecule has 0 spiro atoms. The maximum Gasteiger partial charge on any atom is 0.0502 e. The standard InChI is InChI=1S/C14H20O/c1-2-3-11-4-6-12(7-5-11)14(10-15)13-8-9-13/h4-7,13-15H,2-3,8-10H2,1H3. The third kappa shape index (κ3) is 2.60. The molecule has 1 heteroatoms. The number of aliphatic hydroxyl groups excluding tert-OH is 1. The Morgan fingerprint density at radius 3 is 2.40 bits per heavy atom. The molecule has 1 saturated carbocycles. The molecule has 1 N–H and O–H groups in total. The number of benzene rings is 1. The van der Waals surface area contributed by atoms with E-state index in [9.17, 15) is 5.11 Å². The van der Waals surface area contributed by atoms with Crippen molar-refractivity contribution in [2.45, 2.75) is 38.5 Å². The topological polar surface area (TPSA) is 20.2 Å². The summed E-state index contributed by atoms with van der Waals surface area (Å²) in [7, 11) is 0. The first-order valence-corrected chi connectivity index (χ1v) is 6.05. The van der Waals surface area contributed by atoms with Gasteiger partial charge in [-0.15, -0.1) is 0 Å². The van der Waals surface area contributed by atoms with Gasteiger partial charge < -0.3 is 5.11 Å². The van der Waals surface area contributed by atoms with Gasteiger partial charge in [-0.3, -0.25) is 0 Å². The Labute approximate surface area is 92.1 Å². The fourth-order valence-corrected chi connectivity index (χ4v) is 2.25. The lowest BCUT2D eigenvalue weighted by Crippen LogP contribution is -2.06. The van der Waals surface area contributed by atoms with Crippen LogP contribution < -0.4 is 0 Å². The first kappa shape index (κ1) is 10.7. The molecule has 1 aromatic rings. The van der Waals surface area contributed by atoms with Crippen molar-refractivity contribution >= 4 is 0 Å². The van der Waals surface area contributed by atoms with Crippen molar-refractivity contribution in [2.24, 2.45) is 5.92 Å². The Kier molecular flexibility index (Phi) is 3.42. The van der Waals surface area contributed by atoms with Crippen LogP contribution in [0, 0.1) is 5.92 Å². The number of aliphatic hydroxyl groups is 1. The van der Waals surface area contributed by atoms with Crippen LogP contribution in [0.15, 0.2) is 24.3 Å². The fourth-order valence-electron chi connectivity index (χ4n) is 2.25. The summed E-state index contributed by atoms with van der Waals surface area (Å²) in [5.74, 6) is 1.13. The van der Waals surface area contributed by atoms with E-state index < -0.39 is 0 Å². The second-order valence-corrected chi connectivity index (χ2v) is 4.62. The molecule has 82 valence electrons. The van der Waals surface area contributed by atoms with Crippen molar-refractivity contribution in [1.29, 1.82) is 0 Å². The third-order valence-corrected chi connectivity index (χ3v) is 3.33. The summed E-state index contributed by atoms with van der Waals surface area (Å²) in [4.78, 5) is 0. The molecule has 1 fully saturated rings. The van der Waals surface area contributed by atoms with Crippen LogP contribution in [-0.2, 0) is 6.42 Å². The first-order chi connectivity index (χ1) is 7.35. The molecule has 0 heterocycles. The van der Waals surface area contributed by atoms with Crippen LogP contribution in [0.3, 0.4) is 0 Å². The van der Waals surface area contributed by atoms with Crippen molar-refractivity contribution in [3.63, 3.8) is 0 Å². The molecule has 15 heavy (non-hydrogen) atoms. The lowest BCUT2D eigenvalue weighted by molar-refractivity contribution is 0.253. The van der Waals surface area contributed by atoms with E-state index in [0.717, 1.165) is 12.3 Å². The Hall–Kier alpha value is -0.820. The zero-order chi connectivity index (χ0) is 10.7. The molecular formula is C14H20O. The van der Waals surface area contributed by atoms with E-state index in [1.165, 1.54) is 30.4 Å². The molecule has 1 atom stereocenters. The van der Waals surface area contributed by atoms with Crippen LogP contribution in [-0.4, -0.2) is 11.7 Å². The Balaban J connectivity index is 2.07. The van der Waals surface area contributed by atoms with Crippen molar-refractivity contribution in [3.05, 3.63) is 35.4 Å². The quantitative estimate of drug-likeness (QED) is 0.781. The molecule has 1 unspecified atom stereocenters. The predicted octanol–water partition coefficient (Wildman–Crippen LogP) is 3.13. The minimum absolute atomic E-state index is 0.303. The van der Waals surface area contributed by atoms with Gasteiger partial charge in [0.15, 0.2) is 0 Å². The highest BCUT2D eigenvalue weighted by atomic mass is 16.3. The molecule has 0 aromatic heterocycles. The highest BCUT2D eigenvalue weighted by Gasteiger charge is 2.31. The maximum absolute atomic E-state index is 9.36. The zero-order valence-electron chi connectivity index (χ0n) is 9.45. The average molecular weight is 204 g/mol. The third-order valence-electron chi connectivity index (χ3n) is 3.33. The molecule has 0 radical (unpaired) electrons. The maximum atomic E-state index is 9.36. The largest absolute Gasteiger partial charge is 0.396 e. The van der Waals surface area contributed by atoms with E-state index in [1.807, 2.05) is 0 Å². The van der Waals surface area contributed by atoms with Gasteiger partial charge in [-0.2, -0.15) is 0 Å². The molecule has 0 saturated heterocycles. The summed E-state index contributed by atoms with van der Waals surface area (Å²) in [6.07, 6.45) is 4.95. The van der Waals surface area contributed by atoms with E-state index >= 15 is 0 Å². The van der Waals surface area contributed by atoms with Gasteiger partial charge in [0.25, 0.3) is 0 Å². The highest BCUT2D eigenvalue weighted by Crippen LogP contribution is 2.42. The minimum atomic E-state index is 0.303. The van der Waals surface area contributed by atoms with E-state index in [4.69, 9.17) is 0 Å². The van der Waals surface area contributed by atoms with Gasteiger partial charge in [0, 0.05) is 5.92 Å². The van der Waals surface area contributed by atoms with E-state index in [0.29, 0.717) is 12.5 Å². The number of hydrogen-bond donors (Lipinski definition) is 1.